The largest absolute Gasteiger partial charge is 0.506 e. The third kappa shape index (κ3) is 3.86. The highest BCUT2D eigenvalue weighted by atomic mass is 16.3. The van der Waals surface area contributed by atoms with Crippen molar-refractivity contribution in [3.63, 3.8) is 0 Å². The van der Waals surface area contributed by atoms with Crippen LogP contribution in [0.15, 0.2) is 24.3 Å². The standard InChI is InChI=1S/C10H15N3O2/c11-6-3-7-12-10(15)13-8-4-1-2-5-9(8)14/h1-2,4-5,14H,3,6-7,11H2,(H2,12,13,15). The Morgan fingerprint density at radius 3 is 2.80 bits per heavy atom. The third-order valence-electron chi connectivity index (χ3n) is 1.82. The van der Waals surface area contributed by atoms with Crippen LogP contribution in [0.3, 0.4) is 0 Å². The molecule has 0 aliphatic carbocycles. The van der Waals surface area contributed by atoms with E-state index in [1.165, 1.54) is 6.07 Å². The summed E-state index contributed by atoms with van der Waals surface area (Å²) < 4.78 is 0. The second-order valence-corrected chi connectivity index (χ2v) is 3.04. The maximum absolute atomic E-state index is 11.3. The first-order valence-corrected chi connectivity index (χ1v) is 4.77. The van der Waals surface area contributed by atoms with E-state index in [4.69, 9.17) is 5.73 Å². The quantitative estimate of drug-likeness (QED) is 0.438. The van der Waals surface area contributed by atoms with Crippen molar-refractivity contribution in [2.75, 3.05) is 18.4 Å². The van der Waals surface area contributed by atoms with Gasteiger partial charge in [-0.15, -0.1) is 0 Å². The number of phenolic OH excluding ortho intramolecular Hbond substituents is 1. The lowest BCUT2D eigenvalue weighted by molar-refractivity contribution is 0.252. The molecule has 5 nitrogen and oxygen atoms in total. The Kier molecular flexibility index (Phi) is 4.43. The number of urea groups is 1. The van der Waals surface area contributed by atoms with Gasteiger partial charge in [-0.25, -0.2) is 4.79 Å². The van der Waals surface area contributed by atoms with Crippen molar-refractivity contribution in [3.8, 4) is 5.75 Å². The molecule has 1 aromatic rings. The zero-order valence-electron chi connectivity index (χ0n) is 8.36. The lowest BCUT2D eigenvalue weighted by atomic mass is 10.3. The van der Waals surface area contributed by atoms with Gasteiger partial charge < -0.3 is 21.5 Å². The minimum atomic E-state index is -0.343. The SMILES string of the molecule is NCCCNC(=O)Nc1ccccc1O. The van der Waals surface area contributed by atoms with Gasteiger partial charge in [0.25, 0.3) is 0 Å². The van der Waals surface area contributed by atoms with Crippen LogP contribution in [0, 0.1) is 0 Å². The molecule has 0 atom stereocenters. The van der Waals surface area contributed by atoms with Crippen molar-refractivity contribution in [1.82, 2.24) is 5.32 Å². The van der Waals surface area contributed by atoms with Crippen LogP contribution in [-0.2, 0) is 0 Å². The summed E-state index contributed by atoms with van der Waals surface area (Å²) >= 11 is 0. The Morgan fingerprint density at radius 1 is 1.40 bits per heavy atom. The van der Waals surface area contributed by atoms with Crippen molar-refractivity contribution in [3.05, 3.63) is 24.3 Å². The number of nitrogens with one attached hydrogen (secondary N) is 2. The van der Waals surface area contributed by atoms with Crippen molar-refractivity contribution >= 4 is 11.7 Å². The Morgan fingerprint density at radius 2 is 2.13 bits per heavy atom. The number of carbonyl (C=O) groups excluding carboxylic acids is 1. The van der Waals surface area contributed by atoms with Crippen LogP contribution in [0.25, 0.3) is 0 Å². The first-order chi connectivity index (χ1) is 7.24. The normalized spacial score (nSPS) is 9.67. The zero-order valence-corrected chi connectivity index (χ0v) is 8.36. The second kappa shape index (κ2) is 5.87. The van der Waals surface area contributed by atoms with Crippen LogP contribution in [-0.4, -0.2) is 24.2 Å². The number of hydrogen-bond acceptors (Lipinski definition) is 3. The van der Waals surface area contributed by atoms with Gasteiger partial charge in [0.1, 0.15) is 5.75 Å². The molecule has 0 fully saturated rings. The van der Waals surface area contributed by atoms with Gasteiger partial charge in [0.2, 0.25) is 0 Å². The van der Waals surface area contributed by atoms with Gasteiger partial charge in [-0.2, -0.15) is 0 Å². The van der Waals surface area contributed by atoms with Gasteiger partial charge >= 0.3 is 6.03 Å². The van der Waals surface area contributed by atoms with E-state index in [-0.39, 0.29) is 11.8 Å². The number of rotatable bonds is 4. The van der Waals surface area contributed by atoms with Gasteiger partial charge in [-0.05, 0) is 25.1 Å². The lowest BCUT2D eigenvalue weighted by Gasteiger charge is -2.07. The van der Waals surface area contributed by atoms with Crippen LogP contribution in [0.2, 0.25) is 0 Å². The van der Waals surface area contributed by atoms with Crippen LogP contribution in [0.1, 0.15) is 6.42 Å². The molecule has 0 aliphatic rings. The highest BCUT2D eigenvalue weighted by Crippen LogP contribution is 2.20. The number of aromatic hydroxyl groups is 1. The Hall–Kier alpha value is -1.75. The van der Waals surface area contributed by atoms with Gasteiger partial charge in [-0.1, -0.05) is 12.1 Å². The topological polar surface area (TPSA) is 87.4 Å². The van der Waals surface area contributed by atoms with E-state index in [0.29, 0.717) is 18.8 Å². The maximum atomic E-state index is 11.3. The van der Waals surface area contributed by atoms with E-state index in [0.717, 1.165) is 6.42 Å². The smallest absolute Gasteiger partial charge is 0.319 e. The van der Waals surface area contributed by atoms with Gasteiger partial charge in [0, 0.05) is 6.54 Å². The molecule has 0 aromatic heterocycles. The van der Waals surface area contributed by atoms with Gasteiger partial charge in [0.15, 0.2) is 0 Å². The highest BCUT2D eigenvalue weighted by Gasteiger charge is 2.03. The van der Waals surface area contributed by atoms with Crippen molar-refractivity contribution < 1.29 is 9.90 Å². The number of para-hydroxylation sites is 2. The summed E-state index contributed by atoms with van der Waals surface area (Å²) in [5, 5.41) is 14.5. The summed E-state index contributed by atoms with van der Waals surface area (Å²) in [6, 6.07) is 6.21. The molecule has 5 heteroatoms. The molecule has 0 radical (unpaired) electrons. The molecule has 0 bridgehead atoms. The summed E-state index contributed by atoms with van der Waals surface area (Å²) in [5.74, 6) is 0.0477. The third-order valence-corrected chi connectivity index (χ3v) is 1.82. The summed E-state index contributed by atoms with van der Waals surface area (Å²) in [4.78, 5) is 11.3. The zero-order chi connectivity index (χ0) is 11.1. The predicted octanol–water partition coefficient (Wildman–Crippen LogP) is 0.862. The molecule has 0 saturated carbocycles. The van der Waals surface area contributed by atoms with Gasteiger partial charge in [0.05, 0.1) is 5.69 Å². The molecule has 0 aliphatic heterocycles. The number of nitrogens with two attached hydrogens (primary N) is 1. The molecule has 2 amide bonds. The van der Waals surface area contributed by atoms with E-state index in [1.54, 1.807) is 18.2 Å². The number of hydrogen-bond donors (Lipinski definition) is 4. The van der Waals surface area contributed by atoms with E-state index >= 15 is 0 Å². The molecule has 1 aromatic carbocycles. The van der Waals surface area contributed by atoms with Gasteiger partial charge in [-0.3, -0.25) is 0 Å². The minimum absolute atomic E-state index is 0.0477. The highest BCUT2D eigenvalue weighted by molar-refractivity contribution is 5.90. The molecule has 1 rings (SSSR count). The first-order valence-electron chi connectivity index (χ1n) is 4.77. The fourth-order valence-electron chi connectivity index (χ4n) is 1.05. The molecule has 15 heavy (non-hydrogen) atoms. The first kappa shape index (κ1) is 11.3. The number of amides is 2. The molecular formula is C10H15N3O2. The maximum Gasteiger partial charge on any atom is 0.319 e. The second-order valence-electron chi connectivity index (χ2n) is 3.04. The molecule has 82 valence electrons. The number of carbonyl (C=O) groups is 1. The summed E-state index contributed by atoms with van der Waals surface area (Å²) in [6.07, 6.45) is 0.730. The monoisotopic (exact) mass is 209 g/mol. The summed E-state index contributed by atoms with van der Waals surface area (Å²) in [5.41, 5.74) is 5.67. The number of benzene rings is 1. The van der Waals surface area contributed by atoms with Crippen LogP contribution in [0.5, 0.6) is 5.75 Å². The molecular weight excluding hydrogens is 194 g/mol. The Labute approximate surface area is 88.3 Å². The average Bonchev–Trinajstić information content (AvgIpc) is 2.22. The lowest BCUT2D eigenvalue weighted by Crippen LogP contribution is -2.30. The minimum Gasteiger partial charge on any atom is -0.506 e. The fourth-order valence-corrected chi connectivity index (χ4v) is 1.05. The van der Waals surface area contributed by atoms with Crippen LogP contribution in [0.4, 0.5) is 10.5 Å². The molecule has 0 saturated heterocycles. The number of phenols is 1. The average molecular weight is 209 g/mol. The van der Waals surface area contributed by atoms with Crippen LogP contribution >= 0.6 is 0 Å². The molecule has 0 spiro atoms. The predicted molar refractivity (Wildman–Crippen MR) is 58.8 cm³/mol. The molecule has 0 heterocycles. The summed E-state index contributed by atoms with van der Waals surface area (Å²) in [6.45, 7) is 1.06. The Bertz CT molecular complexity index is 328. The molecule has 5 N–H and O–H groups in total. The van der Waals surface area contributed by atoms with Crippen LogP contribution < -0.4 is 16.4 Å². The van der Waals surface area contributed by atoms with E-state index in [9.17, 15) is 9.90 Å². The van der Waals surface area contributed by atoms with Crippen molar-refractivity contribution in [2.45, 2.75) is 6.42 Å². The Balaban J connectivity index is 2.41. The fraction of sp³-hybridized carbons (Fsp3) is 0.300. The number of anilines is 1. The summed E-state index contributed by atoms with van der Waals surface area (Å²) in [7, 11) is 0. The van der Waals surface area contributed by atoms with E-state index in [1.807, 2.05) is 0 Å². The van der Waals surface area contributed by atoms with E-state index < -0.39 is 0 Å². The van der Waals surface area contributed by atoms with Crippen molar-refractivity contribution in [2.24, 2.45) is 5.73 Å². The van der Waals surface area contributed by atoms with Crippen molar-refractivity contribution in [1.29, 1.82) is 0 Å². The molecule has 0 unspecified atom stereocenters. The van der Waals surface area contributed by atoms with E-state index in [2.05, 4.69) is 10.6 Å².